The highest BCUT2D eigenvalue weighted by Gasteiger charge is 2.21. The van der Waals surface area contributed by atoms with Gasteiger partial charge in [0.15, 0.2) is 0 Å². The fourth-order valence-electron chi connectivity index (χ4n) is 2.95. The Morgan fingerprint density at radius 3 is 2.23 bits per heavy atom. The molecule has 2 aromatic rings. The smallest absolute Gasteiger partial charge is 0.410 e. The van der Waals surface area contributed by atoms with E-state index in [1.165, 1.54) is 7.11 Å². The van der Waals surface area contributed by atoms with Gasteiger partial charge in [0.25, 0.3) is 0 Å². The Morgan fingerprint density at radius 2 is 1.65 bits per heavy atom. The minimum absolute atomic E-state index is 0.216. The van der Waals surface area contributed by atoms with Crippen molar-refractivity contribution in [1.29, 1.82) is 0 Å². The second-order valence-electron chi connectivity index (χ2n) is 8.43. The van der Waals surface area contributed by atoms with Crippen LogP contribution < -0.4 is 4.74 Å². The van der Waals surface area contributed by atoms with Crippen LogP contribution in [0.25, 0.3) is 0 Å². The predicted molar refractivity (Wildman–Crippen MR) is 120 cm³/mol. The molecule has 0 spiro atoms. The molecule has 0 radical (unpaired) electrons. The van der Waals surface area contributed by atoms with E-state index in [2.05, 4.69) is 4.74 Å². The number of aryl methyl sites for hydroxylation is 1. The van der Waals surface area contributed by atoms with Crippen LogP contribution >= 0.6 is 0 Å². The minimum Gasteiger partial charge on any atom is -0.486 e. The molecule has 1 atom stereocenters. The van der Waals surface area contributed by atoms with Gasteiger partial charge in [-0.2, -0.15) is 0 Å². The number of hydrogen-bond acceptors (Lipinski definition) is 5. The van der Waals surface area contributed by atoms with E-state index in [1.54, 1.807) is 11.9 Å². The summed E-state index contributed by atoms with van der Waals surface area (Å²) in [5.74, 6) is 0.508. The molecule has 2 rings (SSSR count). The van der Waals surface area contributed by atoms with Crippen molar-refractivity contribution in [2.45, 2.75) is 51.7 Å². The molecule has 0 aromatic heterocycles. The van der Waals surface area contributed by atoms with Gasteiger partial charge in [-0.05, 0) is 50.5 Å². The SMILES string of the molecule is COC(=O)CCc1ccc(OC(CCN(C)C(=O)OC(C)(C)C)c2ccccc2)cc1. The Hall–Kier alpha value is -3.02. The number of carbonyl (C=O) groups is 2. The van der Waals surface area contributed by atoms with E-state index < -0.39 is 5.60 Å². The number of carbonyl (C=O) groups excluding carboxylic acids is 2. The van der Waals surface area contributed by atoms with E-state index >= 15 is 0 Å². The van der Waals surface area contributed by atoms with Crippen LogP contribution in [0.2, 0.25) is 0 Å². The molecule has 0 saturated heterocycles. The molecule has 6 nitrogen and oxygen atoms in total. The van der Waals surface area contributed by atoms with Gasteiger partial charge in [0.05, 0.1) is 7.11 Å². The van der Waals surface area contributed by atoms with Crippen LogP contribution in [0.5, 0.6) is 5.75 Å². The van der Waals surface area contributed by atoms with Crippen LogP contribution in [-0.4, -0.2) is 43.3 Å². The summed E-state index contributed by atoms with van der Waals surface area (Å²) in [6, 6.07) is 17.6. The molecule has 0 aliphatic heterocycles. The quantitative estimate of drug-likeness (QED) is 0.517. The van der Waals surface area contributed by atoms with E-state index in [9.17, 15) is 9.59 Å². The van der Waals surface area contributed by atoms with E-state index in [4.69, 9.17) is 9.47 Å². The largest absolute Gasteiger partial charge is 0.486 e. The van der Waals surface area contributed by atoms with E-state index in [0.717, 1.165) is 16.9 Å². The van der Waals surface area contributed by atoms with Gasteiger partial charge >= 0.3 is 12.1 Å². The standard InChI is InChI=1S/C25H33NO5/c1-25(2,3)31-24(28)26(4)18-17-22(20-9-7-6-8-10-20)30-21-14-11-19(12-15-21)13-16-23(27)29-5/h6-12,14-15,22H,13,16-18H2,1-5H3. The first-order valence-electron chi connectivity index (χ1n) is 10.5. The lowest BCUT2D eigenvalue weighted by Gasteiger charge is -2.26. The highest BCUT2D eigenvalue weighted by molar-refractivity contribution is 5.69. The Kier molecular flexibility index (Phi) is 8.91. The van der Waals surface area contributed by atoms with Crippen LogP contribution in [0.1, 0.15) is 50.8 Å². The van der Waals surface area contributed by atoms with Gasteiger partial charge in [0.2, 0.25) is 0 Å². The zero-order valence-electron chi connectivity index (χ0n) is 19.1. The van der Waals surface area contributed by atoms with Gasteiger partial charge in [0.1, 0.15) is 17.5 Å². The van der Waals surface area contributed by atoms with Crippen molar-refractivity contribution in [3.05, 3.63) is 65.7 Å². The molecule has 0 saturated carbocycles. The monoisotopic (exact) mass is 427 g/mol. The normalized spacial score (nSPS) is 12.0. The summed E-state index contributed by atoms with van der Waals surface area (Å²) in [5, 5.41) is 0. The van der Waals surface area contributed by atoms with E-state index in [-0.39, 0.29) is 18.2 Å². The van der Waals surface area contributed by atoms with Crippen molar-refractivity contribution >= 4 is 12.1 Å². The summed E-state index contributed by atoms with van der Waals surface area (Å²) in [5.41, 5.74) is 1.55. The second kappa shape index (κ2) is 11.4. The van der Waals surface area contributed by atoms with Gasteiger partial charge in [-0.25, -0.2) is 4.79 Å². The Bertz CT molecular complexity index is 827. The molecule has 0 aliphatic carbocycles. The van der Waals surface area contributed by atoms with Gasteiger partial charge in [-0.1, -0.05) is 42.5 Å². The fraction of sp³-hybridized carbons (Fsp3) is 0.440. The van der Waals surface area contributed by atoms with Crippen LogP contribution in [0.15, 0.2) is 54.6 Å². The minimum atomic E-state index is -0.531. The number of methoxy groups -OCH3 is 1. The highest BCUT2D eigenvalue weighted by Crippen LogP contribution is 2.26. The van der Waals surface area contributed by atoms with Crippen molar-refractivity contribution < 1.29 is 23.8 Å². The summed E-state index contributed by atoms with van der Waals surface area (Å²) in [4.78, 5) is 25.2. The van der Waals surface area contributed by atoms with Crippen molar-refractivity contribution in [1.82, 2.24) is 4.90 Å². The number of rotatable bonds is 9. The molecule has 6 heteroatoms. The number of esters is 1. The van der Waals surface area contributed by atoms with Gasteiger partial charge in [-0.3, -0.25) is 4.79 Å². The Labute approximate surface area is 185 Å². The highest BCUT2D eigenvalue weighted by atomic mass is 16.6. The molecule has 31 heavy (non-hydrogen) atoms. The number of hydrogen-bond donors (Lipinski definition) is 0. The molecule has 0 bridgehead atoms. The van der Waals surface area contributed by atoms with Gasteiger partial charge in [0, 0.05) is 26.4 Å². The fourth-order valence-corrected chi connectivity index (χ4v) is 2.95. The van der Waals surface area contributed by atoms with Gasteiger partial charge < -0.3 is 19.1 Å². The molecular weight excluding hydrogens is 394 g/mol. The third-order valence-corrected chi connectivity index (χ3v) is 4.65. The molecule has 1 amide bonds. The molecule has 168 valence electrons. The lowest BCUT2D eigenvalue weighted by molar-refractivity contribution is -0.140. The second-order valence-corrected chi connectivity index (χ2v) is 8.43. The predicted octanol–water partition coefficient (Wildman–Crippen LogP) is 5.17. The zero-order valence-corrected chi connectivity index (χ0v) is 19.1. The summed E-state index contributed by atoms with van der Waals surface area (Å²) >= 11 is 0. The van der Waals surface area contributed by atoms with Gasteiger partial charge in [-0.15, -0.1) is 0 Å². The first-order chi connectivity index (χ1) is 14.7. The molecule has 0 N–H and O–H groups in total. The molecule has 0 aliphatic rings. The Morgan fingerprint density at radius 1 is 1.00 bits per heavy atom. The molecule has 0 heterocycles. The summed E-state index contributed by atoms with van der Waals surface area (Å²) in [7, 11) is 3.12. The van der Waals surface area contributed by atoms with Crippen molar-refractivity contribution in [3.63, 3.8) is 0 Å². The first kappa shape index (κ1) is 24.3. The number of amides is 1. The summed E-state index contributed by atoms with van der Waals surface area (Å²) < 4.78 is 16.4. The molecular formula is C25H33NO5. The van der Waals surface area contributed by atoms with E-state index in [1.807, 2.05) is 75.4 Å². The maximum absolute atomic E-state index is 12.3. The number of benzene rings is 2. The van der Waals surface area contributed by atoms with E-state index in [0.29, 0.717) is 25.8 Å². The maximum Gasteiger partial charge on any atom is 0.410 e. The topological polar surface area (TPSA) is 65.1 Å². The third kappa shape index (κ3) is 8.70. The number of ether oxygens (including phenoxy) is 3. The molecule has 1 unspecified atom stereocenters. The van der Waals surface area contributed by atoms with Crippen molar-refractivity contribution in [2.75, 3.05) is 20.7 Å². The lowest BCUT2D eigenvalue weighted by atomic mass is 10.1. The van der Waals surface area contributed by atoms with Crippen molar-refractivity contribution in [2.24, 2.45) is 0 Å². The molecule has 0 fully saturated rings. The summed E-state index contributed by atoms with van der Waals surface area (Å²) in [6.07, 6.45) is 1.02. The average Bonchev–Trinajstić information content (AvgIpc) is 2.74. The van der Waals surface area contributed by atoms with Crippen LogP contribution in [0, 0.1) is 0 Å². The maximum atomic E-state index is 12.3. The third-order valence-electron chi connectivity index (χ3n) is 4.65. The first-order valence-corrected chi connectivity index (χ1v) is 10.5. The molecule has 2 aromatic carbocycles. The summed E-state index contributed by atoms with van der Waals surface area (Å²) in [6.45, 7) is 6.04. The Balaban J connectivity index is 2.02. The average molecular weight is 428 g/mol. The lowest BCUT2D eigenvalue weighted by Crippen LogP contribution is -2.35. The van der Waals surface area contributed by atoms with Crippen LogP contribution in [-0.2, 0) is 20.7 Å². The van der Waals surface area contributed by atoms with Crippen LogP contribution in [0.3, 0.4) is 0 Å². The van der Waals surface area contributed by atoms with Crippen LogP contribution in [0.4, 0.5) is 4.79 Å². The number of nitrogens with zero attached hydrogens (tertiary/aromatic N) is 1. The van der Waals surface area contributed by atoms with Crippen molar-refractivity contribution in [3.8, 4) is 5.75 Å². The zero-order chi connectivity index (χ0) is 22.9.